The van der Waals surface area contributed by atoms with Gasteiger partial charge in [0.05, 0.1) is 13.1 Å². The van der Waals surface area contributed by atoms with Crippen LogP contribution in [0.4, 0.5) is 0 Å². The number of aliphatic hydroxyl groups is 1. The molecule has 3 heteroatoms. The zero-order valence-electron chi connectivity index (χ0n) is 7.37. The summed E-state index contributed by atoms with van der Waals surface area (Å²) in [5.41, 5.74) is -0.716. The highest BCUT2D eigenvalue weighted by Crippen LogP contribution is 2.28. The Morgan fingerprint density at radius 2 is 2.17 bits per heavy atom. The number of likely N-dealkylation sites (tertiary alicyclic amines) is 1. The van der Waals surface area contributed by atoms with Crippen molar-refractivity contribution in [2.75, 3.05) is 13.1 Å². The lowest BCUT2D eigenvalue weighted by Gasteiger charge is -2.48. The number of β-amino-alcohol motifs (C(OH)–C–C–N with tert-alkyl or cyclic N) is 1. The maximum atomic E-state index is 10.9. The van der Waals surface area contributed by atoms with Gasteiger partial charge in [0, 0.05) is 0 Å². The quantitative estimate of drug-likeness (QED) is 0.552. The van der Waals surface area contributed by atoms with E-state index in [9.17, 15) is 9.90 Å². The Hall–Kier alpha value is -1.01. The Morgan fingerprint density at radius 3 is 2.50 bits per heavy atom. The highest BCUT2D eigenvalue weighted by Gasteiger charge is 2.45. The topological polar surface area (TPSA) is 40.5 Å². The second-order valence-corrected chi connectivity index (χ2v) is 3.56. The third-order valence-corrected chi connectivity index (χ3v) is 2.41. The fourth-order valence-corrected chi connectivity index (χ4v) is 1.21. The molecule has 1 rings (SSSR count). The van der Waals surface area contributed by atoms with E-state index in [1.165, 1.54) is 4.90 Å². The fraction of sp³-hybridized carbons (Fsp3) is 0.667. The van der Waals surface area contributed by atoms with Crippen molar-refractivity contribution in [2.45, 2.75) is 19.4 Å². The number of amides is 1. The summed E-state index contributed by atoms with van der Waals surface area (Å²) in [5.74, 6) is 1.85. The van der Waals surface area contributed by atoms with Crippen LogP contribution in [0.5, 0.6) is 0 Å². The predicted octanol–water partition coefficient (Wildman–Crippen LogP) is -0.151. The number of terminal acetylenes is 1. The molecule has 1 fully saturated rings. The summed E-state index contributed by atoms with van der Waals surface area (Å²) in [6, 6.07) is 0. The van der Waals surface area contributed by atoms with Gasteiger partial charge in [0.1, 0.15) is 5.60 Å². The van der Waals surface area contributed by atoms with Crippen LogP contribution < -0.4 is 0 Å². The lowest BCUT2D eigenvalue weighted by Crippen LogP contribution is -2.65. The van der Waals surface area contributed by atoms with Crippen molar-refractivity contribution < 1.29 is 9.90 Å². The zero-order chi connectivity index (χ0) is 9.35. The molecule has 0 aromatic rings. The molecule has 0 unspecified atom stereocenters. The van der Waals surface area contributed by atoms with E-state index in [4.69, 9.17) is 6.42 Å². The van der Waals surface area contributed by atoms with Crippen LogP contribution in [0.1, 0.15) is 13.8 Å². The van der Waals surface area contributed by atoms with Gasteiger partial charge in [-0.2, -0.15) is 0 Å². The highest BCUT2D eigenvalue weighted by atomic mass is 16.3. The summed E-state index contributed by atoms with van der Waals surface area (Å²) in [6.45, 7) is 4.59. The van der Waals surface area contributed by atoms with E-state index in [-0.39, 0.29) is 11.8 Å². The number of hydrogen-bond donors (Lipinski definition) is 1. The van der Waals surface area contributed by atoms with Gasteiger partial charge in [-0.15, -0.1) is 6.42 Å². The molecular formula is C9H13NO2. The molecule has 0 saturated carbocycles. The molecule has 66 valence electrons. The minimum atomic E-state index is -0.716. The average Bonchev–Trinajstić information content (AvgIpc) is 1.96. The normalized spacial score (nSPS) is 20.1. The van der Waals surface area contributed by atoms with Gasteiger partial charge in [0.2, 0.25) is 0 Å². The Morgan fingerprint density at radius 1 is 1.67 bits per heavy atom. The van der Waals surface area contributed by atoms with E-state index in [0.29, 0.717) is 13.1 Å². The molecule has 3 nitrogen and oxygen atoms in total. The van der Waals surface area contributed by atoms with E-state index < -0.39 is 5.60 Å². The number of nitrogens with zero attached hydrogens (tertiary/aromatic N) is 1. The molecule has 0 aromatic heterocycles. The minimum absolute atomic E-state index is 0.166. The van der Waals surface area contributed by atoms with Gasteiger partial charge in [-0.25, -0.2) is 0 Å². The lowest BCUT2D eigenvalue weighted by atomic mass is 9.83. The molecule has 1 N–H and O–H groups in total. The molecule has 1 amide bonds. The highest BCUT2D eigenvalue weighted by molar-refractivity contribution is 5.93. The van der Waals surface area contributed by atoms with Crippen molar-refractivity contribution in [3.63, 3.8) is 0 Å². The second-order valence-electron chi connectivity index (χ2n) is 3.56. The smallest absolute Gasteiger partial charge is 0.298 e. The van der Waals surface area contributed by atoms with Gasteiger partial charge < -0.3 is 10.0 Å². The summed E-state index contributed by atoms with van der Waals surface area (Å²) < 4.78 is 0. The standard InChI is InChI=1S/C9H13NO2/c1-4-8(11)10-5-9(12,6-10)7(2)3/h1,7,12H,5-6H2,2-3H3. The lowest BCUT2D eigenvalue weighted by molar-refractivity contribution is -0.158. The molecule has 12 heavy (non-hydrogen) atoms. The maximum absolute atomic E-state index is 10.9. The van der Waals surface area contributed by atoms with Crippen LogP contribution in [-0.4, -0.2) is 34.6 Å². The van der Waals surface area contributed by atoms with Crippen molar-refractivity contribution in [3.05, 3.63) is 0 Å². The van der Waals surface area contributed by atoms with Crippen LogP contribution in [0.15, 0.2) is 0 Å². The van der Waals surface area contributed by atoms with Crippen molar-refractivity contribution >= 4 is 5.91 Å². The molecule has 0 bridgehead atoms. The number of carbonyl (C=O) groups is 1. The fourth-order valence-electron chi connectivity index (χ4n) is 1.21. The molecule has 0 aliphatic carbocycles. The maximum Gasteiger partial charge on any atom is 0.298 e. The summed E-state index contributed by atoms with van der Waals surface area (Å²) >= 11 is 0. The Balaban J connectivity index is 2.48. The molecule has 0 atom stereocenters. The van der Waals surface area contributed by atoms with E-state index in [0.717, 1.165) is 0 Å². The van der Waals surface area contributed by atoms with Gasteiger partial charge in [-0.05, 0) is 11.8 Å². The number of hydrogen-bond acceptors (Lipinski definition) is 2. The van der Waals surface area contributed by atoms with Crippen LogP contribution >= 0.6 is 0 Å². The summed E-state index contributed by atoms with van der Waals surface area (Å²) in [4.78, 5) is 12.4. The van der Waals surface area contributed by atoms with Crippen LogP contribution in [-0.2, 0) is 4.79 Å². The second kappa shape index (κ2) is 2.80. The first kappa shape index (κ1) is 9.08. The Kier molecular flexibility index (Phi) is 2.12. The molecular weight excluding hydrogens is 154 g/mol. The van der Waals surface area contributed by atoms with E-state index in [1.54, 1.807) is 0 Å². The van der Waals surface area contributed by atoms with Crippen LogP contribution in [0.2, 0.25) is 0 Å². The van der Waals surface area contributed by atoms with E-state index in [2.05, 4.69) is 0 Å². The van der Waals surface area contributed by atoms with Gasteiger partial charge in [0.25, 0.3) is 5.91 Å². The van der Waals surface area contributed by atoms with Crippen molar-refractivity contribution in [2.24, 2.45) is 5.92 Å². The molecule has 1 aliphatic heterocycles. The molecule has 1 heterocycles. The molecule has 0 radical (unpaired) electrons. The van der Waals surface area contributed by atoms with E-state index in [1.807, 2.05) is 19.8 Å². The third-order valence-electron chi connectivity index (χ3n) is 2.41. The monoisotopic (exact) mass is 167 g/mol. The summed E-state index contributed by atoms with van der Waals surface area (Å²) in [7, 11) is 0. The van der Waals surface area contributed by atoms with Crippen molar-refractivity contribution in [3.8, 4) is 12.3 Å². The van der Waals surface area contributed by atoms with E-state index >= 15 is 0 Å². The first-order valence-corrected chi connectivity index (χ1v) is 3.97. The SMILES string of the molecule is C#CC(=O)N1CC(O)(C(C)C)C1. The van der Waals surface area contributed by atoms with Crippen molar-refractivity contribution in [1.82, 2.24) is 4.90 Å². The number of carbonyl (C=O) groups excluding carboxylic acids is 1. The summed E-state index contributed by atoms with van der Waals surface area (Å²) in [6.07, 6.45) is 4.92. The van der Waals surface area contributed by atoms with Gasteiger partial charge in [-0.3, -0.25) is 4.79 Å². The molecule has 1 saturated heterocycles. The van der Waals surface area contributed by atoms with Crippen LogP contribution in [0, 0.1) is 18.3 Å². The van der Waals surface area contributed by atoms with Gasteiger partial charge in [0.15, 0.2) is 0 Å². The predicted molar refractivity (Wildman–Crippen MR) is 45.2 cm³/mol. The average molecular weight is 167 g/mol. The molecule has 0 aromatic carbocycles. The third kappa shape index (κ3) is 1.30. The molecule has 1 aliphatic rings. The van der Waals surface area contributed by atoms with Crippen molar-refractivity contribution in [1.29, 1.82) is 0 Å². The zero-order valence-corrected chi connectivity index (χ0v) is 7.37. The number of rotatable bonds is 1. The Bertz CT molecular complexity index is 233. The van der Waals surface area contributed by atoms with Crippen LogP contribution in [0.25, 0.3) is 0 Å². The first-order chi connectivity index (χ1) is 5.49. The van der Waals surface area contributed by atoms with Gasteiger partial charge >= 0.3 is 0 Å². The van der Waals surface area contributed by atoms with Gasteiger partial charge in [-0.1, -0.05) is 13.8 Å². The molecule has 0 spiro atoms. The minimum Gasteiger partial charge on any atom is -0.386 e. The Labute approximate surface area is 72.4 Å². The largest absolute Gasteiger partial charge is 0.386 e. The first-order valence-electron chi connectivity index (χ1n) is 3.97. The van der Waals surface area contributed by atoms with Crippen LogP contribution in [0.3, 0.4) is 0 Å². The summed E-state index contributed by atoms with van der Waals surface area (Å²) in [5, 5.41) is 9.74.